The van der Waals surface area contributed by atoms with Gasteiger partial charge < -0.3 is 0 Å². The van der Waals surface area contributed by atoms with Gasteiger partial charge in [0.05, 0.1) is 0 Å². The van der Waals surface area contributed by atoms with Crippen molar-refractivity contribution in [3.63, 3.8) is 0 Å². The van der Waals surface area contributed by atoms with Gasteiger partial charge in [-0.1, -0.05) is 254 Å². The van der Waals surface area contributed by atoms with Crippen molar-refractivity contribution in [2.45, 2.75) is 26.9 Å². The molecule has 0 unspecified atom stereocenters. The standard InChI is InChI=1S/2C30H21.C2H6Si.2ClH.Zr/c2*1-20-18-29-27(25-14-6-10-21-8-2-4-12-23(21)25)16-17-28(30(29)19-20)26-15-7-11-22-9-3-5-13-24(22)26;1-3-2;;;/h2*2-19H,1H3;1-2H3;2*1H;/q2*-1;;;;+4/p-2. The van der Waals surface area contributed by atoms with E-state index in [1.54, 1.807) is 0 Å². The first-order chi connectivity index (χ1) is 32.4. The molecular weight excluding hydrogens is 935 g/mol. The predicted molar refractivity (Wildman–Crippen MR) is 290 cm³/mol. The van der Waals surface area contributed by atoms with Crippen LogP contribution >= 0.6 is 17.0 Å². The second kappa shape index (κ2) is 20.8. The number of halogens is 2. The second-order valence-electron chi connectivity index (χ2n) is 16.7. The Morgan fingerprint density at radius 3 is 0.848 bits per heavy atom. The van der Waals surface area contributed by atoms with E-state index in [2.05, 4.69) is 245 Å². The summed E-state index contributed by atoms with van der Waals surface area (Å²) >= 11 is -0.826. The van der Waals surface area contributed by atoms with Gasteiger partial charge in [-0.25, -0.2) is 0 Å². The van der Waals surface area contributed by atoms with E-state index in [0.717, 1.165) is 9.52 Å². The van der Waals surface area contributed by atoms with Crippen LogP contribution in [0.25, 0.3) is 109 Å². The Hall–Kier alpha value is -5.86. The summed E-state index contributed by atoms with van der Waals surface area (Å²) in [5.74, 6) is 0. The van der Waals surface area contributed by atoms with Gasteiger partial charge in [0.1, 0.15) is 0 Å². The summed E-state index contributed by atoms with van der Waals surface area (Å²) < 4.78 is 0. The van der Waals surface area contributed by atoms with E-state index in [9.17, 15) is 0 Å². The third-order valence-electron chi connectivity index (χ3n) is 12.4. The molecule has 0 aliphatic carbocycles. The maximum absolute atomic E-state index is 4.93. The zero-order valence-electron chi connectivity index (χ0n) is 37.5. The Balaban J connectivity index is 0.000000149. The summed E-state index contributed by atoms with van der Waals surface area (Å²) in [5, 5.41) is 15.7. The van der Waals surface area contributed by atoms with Crippen LogP contribution in [0, 0.1) is 13.8 Å². The van der Waals surface area contributed by atoms with Crippen molar-refractivity contribution in [2.24, 2.45) is 0 Å². The average Bonchev–Trinajstić information content (AvgIpc) is 3.95. The SMILES string of the molecule is C[Si]C.Cc1cc2c(-c3cccc4ccccc34)ccc(-c3cccc4ccccc34)c2[cH-]1.Cc1cc2c(-c3cccc4ccccc34)ccc(-c3cccc4ccccc34)c2[cH-]1.[Cl][Zr+2][Cl]. The van der Waals surface area contributed by atoms with E-state index in [-0.39, 0.29) is 0 Å². The molecule has 12 aromatic carbocycles. The molecule has 0 spiro atoms. The van der Waals surface area contributed by atoms with Crippen molar-refractivity contribution >= 4 is 91.2 Å². The molecule has 0 aliphatic heterocycles. The van der Waals surface area contributed by atoms with E-state index in [0.29, 0.717) is 0 Å². The van der Waals surface area contributed by atoms with E-state index >= 15 is 0 Å². The second-order valence-corrected chi connectivity index (χ2v) is 21.5. The molecule has 0 amide bonds. The minimum atomic E-state index is -0.826. The molecule has 4 heteroatoms. The zero-order valence-corrected chi connectivity index (χ0v) is 42.5. The van der Waals surface area contributed by atoms with Gasteiger partial charge in [0, 0.05) is 9.52 Å². The first-order valence-corrected chi connectivity index (χ1v) is 30.6. The van der Waals surface area contributed by atoms with Gasteiger partial charge in [0.15, 0.2) is 0 Å². The summed E-state index contributed by atoms with van der Waals surface area (Å²) in [7, 11) is 11.0. The molecule has 0 saturated heterocycles. The molecule has 0 saturated carbocycles. The van der Waals surface area contributed by atoms with Gasteiger partial charge in [-0.05, 0) is 54.2 Å². The van der Waals surface area contributed by atoms with Crippen LogP contribution in [0.3, 0.4) is 0 Å². The molecule has 0 N–H and O–H groups in total. The van der Waals surface area contributed by atoms with Gasteiger partial charge in [-0.15, -0.1) is 44.8 Å². The molecule has 12 aromatic rings. The maximum atomic E-state index is 4.93. The summed E-state index contributed by atoms with van der Waals surface area (Å²) in [6, 6.07) is 79.6. The van der Waals surface area contributed by atoms with E-state index < -0.39 is 20.8 Å². The van der Waals surface area contributed by atoms with Gasteiger partial charge in [0.2, 0.25) is 0 Å². The summed E-state index contributed by atoms with van der Waals surface area (Å²) in [5.41, 5.74) is 13.0. The first kappa shape index (κ1) is 45.3. The topological polar surface area (TPSA) is 0 Å². The monoisotopic (exact) mass is 980 g/mol. The van der Waals surface area contributed by atoms with Crippen molar-refractivity contribution in [1.82, 2.24) is 0 Å². The van der Waals surface area contributed by atoms with Crippen molar-refractivity contribution in [2.75, 3.05) is 0 Å². The summed E-state index contributed by atoms with van der Waals surface area (Å²) in [6.45, 7) is 8.69. The fourth-order valence-corrected chi connectivity index (χ4v) is 9.67. The number of rotatable bonds is 4. The number of fused-ring (bicyclic) bond motifs is 6. The Bertz CT molecular complexity index is 3140. The van der Waals surface area contributed by atoms with Crippen molar-refractivity contribution in [1.29, 1.82) is 0 Å². The fourth-order valence-electron chi connectivity index (χ4n) is 9.67. The Morgan fingerprint density at radius 2 is 0.545 bits per heavy atom. The van der Waals surface area contributed by atoms with Gasteiger partial charge in [0.25, 0.3) is 0 Å². The molecule has 0 aliphatic rings. The number of hydrogen-bond acceptors (Lipinski definition) is 0. The summed E-state index contributed by atoms with van der Waals surface area (Å²) in [6.07, 6.45) is 0. The van der Waals surface area contributed by atoms with Crippen LogP contribution in [-0.4, -0.2) is 9.52 Å². The average molecular weight is 983 g/mol. The van der Waals surface area contributed by atoms with E-state index in [1.807, 2.05) is 0 Å². The fraction of sp³-hybridized carbons (Fsp3) is 0.0645. The third-order valence-corrected chi connectivity index (χ3v) is 12.4. The quantitative estimate of drug-likeness (QED) is 0.122. The minimum absolute atomic E-state index is 0.826. The van der Waals surface area contributed by atoms with Crippen LogP contribution in [0.5, 0.6) is 0 Å². The van der Waals surface area contributed by atoms with Crippen LogP contribution in [0.2, 0.25) is 13.1 Å². The number of hydrogen-bond donors (Lipinski definition) is 0. The Kier molecular flexibility index (Phi) is 14.2. The van der Waals surface area contributed by atoms with Crippen LogP contribution in [0.1, 0.15) is 11.1 Å². The number of benzene rings is 10. The zero-order chi connectivity index (χ0) is 45.6. The molecule has 0 nitrogen and oxygen atoms in total. The van der Waals surface area contributed by atoms with Gasteiger partial charge in [-0.2, -0.15) is 12.1 Å². The van der Waals surface area contributed by atoms with Crippen LogP contribution in [0.4, 0.5) is 0 Å². The van der Waals surface area contributed by atoms with Crippen LogP contribution in [0.15, 0.2) is 218 Å². The molecule has 0 heterocycles. The van der Waals surface area contributed by atoms with Crippen molar-refractivity contribution < 1.29 is 20.8 Å². The molecule has 66 heavy (non-hydrogen) atoms. The molecule has 0 bridgehead atoms. The molecule has 0 atom stereocenters. The van der Waals surface area contributed by atoms with E-state index in [1.165, 1.54) is 120 Å². The Labute approximate surface area is 409 Å². The van der Waals surface area contributed by atoms with E-state index in [4.69, 9.17) is 17.0 Å². The Morgan fingerprint density at radius 1 is 0.318 bits per heavy atom. The third kappa shape index (κ3) is 9.14. The van der Waals surface area contributed by atoms with Crippen molar-refractivity contribution in [3.05, 3.63) is 230 Å². The number of aryl methyl sites for hydroxylation is 2. The van der Waals surface area contributed by atoms with Gasteiger partial charge >= 0.3 is 37.9 Å². The molecule has 2 radical (unpaired) electrons. The predicted octanol–water partition coefficient (Wildman–Crippen LogP) is 19.2. The molecular formula is C62H48Cl2SiZr. The first-order valence-electron chi connectivity index (χ1n) is 22.3. The van der Waals surface area contributed by atoms with Crippen LogP contribution < -0.4 is 0 Å². The molecule has 12 rings (SSSR count). The normalized spacial score (nSPS) is 10.9. The molecule has 0 aromatic heterocycles. The van der Waals surface area contributed by atoms with Crippen molar-refractivity contribution in [3.8, 4) is 44.5 Å². The van der Waals surface area contributed by atoms with Gasteiger partial charge in [-0.3, -0.25) is 0 Å². The molecule has 0 fully saturated rings. The molecule has 318 valence electrons. The summed E-state index contributed by atoms with van der Waals surface area (Å²) in [4.78, 5) is 0. The van der Waals surface area contributed by atoms with Crippen LogP contribution in [-0.2, 0) is 20.8 Å².